The van der Waals surface area contributed by atoms with Crippen molar-refractivity contribution in [1.29, 1.82) is 0 Å². The van der Waals surface area contributed by atoms with Crippen molar-refractivity contribution >= 4 is 0 Å². The first-order valence-corrected chi connectivity index (χ1v) is 7.79. The van der Waals surface area contributed by atoms with Crippen molar-refractivity contribution in [2.24, 2.45) is 5.92 Å². The Labute approximate surface area is 122 Å². The fourth-order valence-corrected chi connectivity index (χ4v) is 3.20. The van der Waals surface area contributed by atoms with E-state index in [1.165, 1.54) is 31.2 Å². The van der Waals surface area contributed by atoms with Gasteiger partial charge in [-0.25, -0.2) is 0 Å². The highest BCUT2D eigenvalue weighted by atomic mass is 16.5. The second-order valence-electron chi connectivity index (χ2n) is 5.89. The van der Waals surface area contributed by atoms with Crippen LogP contribution in [0.5, 0.6) is 11.5 Å². The maximum Gasteiger partial charge on any atom is 0.160 e. The van der Waals surface area contributed by atoms with Gasteiger partial charge in [0.25, 0.3) is 0 Å². The molecule has 1 saturated carbocycles. The SMILES string of the molecule is COc1ccc(CC[NH2+][C@H]2CCCC[C@@H]2C)cc1OC. The second-order valence-corrected chi connectivity index (χ2v) is 5.89. The molecule has 3 nitrogen and oxygen atoms in total. The van der Waals surface area contributed by atoms with Crippen molar-refractivity contribution in [2.75, 3.05) is 20.8 Å². The van der Waals surface area contributed by atoms with Gasteiger partial charge in [0.15, 0.2) is 11.5 Å². The molecule has 1 fully saturated rings. The summed E-state index contributed by atoms with van der Waals surface area (Å²) in [5, 5.41) is 2.54. The van der Waals surface area contributed by atoms with Gasteiger partial charge in [-0.15, -0.1) is 0 Å². The monoisotopic (exact) mass is 278 g/mol. The summed E-state index contributed by atoms with van der Waals surface area (Å²) in [6, 6.07) is 7.05. The normalized spacial score (nSPS) is 22.6. The lowest BCUT2D eigenvalue weighted by Crippen LogP contribution is -2.92. The Kier molecular flexibility index (Phi) is 5.72. The average molecular weight is 278 g/mol. The van der Waals surface area contributed by atoms with Crippen LogP contribution in [0, 0.1) is 5.92 Å². The van der Waals surface area contributed by atoms with Crippen molar-refractivity contribution < 1.29 is 14.8 Å². The first kappa shape index (κ1) is 15.2. The first-order valence-electron chi connectivity index (χ1n) is 7.79. The number of benzene rings is 1. The van der Waals surface area contributed by atoms with E-state index >= 15 is 0 Å². The molecule has 0 heterocycles. The molecule has 2 N–H and O–H groups in total. The van der Waals surface area contributed by atoms with Gasteiger partial charge in [0.05, 0.1) is 26.8 Å². The number of hydrogen-bond acceptors (Lipinski definition) is 2. The minimum Gasteiger partial charge on any atom is -0.493 e. The van der Waals surface area contributed by atoms with Crippen LogP contribution < -0.4 is 14.8 Å². The molecule has 1 aromatic carbocycles. The Morgan fingerprint density at radius 3 is 2.55 bits per heavy atom. The molecule has 0 amide bonds. The van der Waals surface area contributed by atoms with Crippen LogP contribution in [-0.2, 0) is 6.42 Å². The van der Waals surface area contributed by atoms with E-state index in [0.29, 0.717) is 0 Å². The Morgan fingerprint density at radius 1 is 1.10 bits per heavy atom. The molecule has 1 aromatic rings. The van der Waals surface area contributed by atoms with Crippen molar-refractivity contribution in [3.63, 3.8) is 0 Å². The van der Waals surface area contributed by atoms with Crippen molar-refractivity contribution in [3.05, 3.63) is 23.8 Å². The van der Waals surface area contributed by atoms with E-state index in [1.54, 1.807) is 14.2 Å². The minimum atomic E-state index is 0.807. The van der Waals surface area contributed by atoms with Crippen LogP contribution in [0.15, 0.2) is 18.2 Å². The topological polar surface area (TPSA) is 35.1 Å². The largest absolute Gasteiger partial charge is 0.493 e. The Balaban J connectivity index is 1.84. The fraction of sp³-hybridized carbons (Fsp3) is 0.647. The van der Waals surface area contributed by atoms with E-state index < -0.39 is 0 Å². The first-order chi connectivity index (χ1) is 9.74. The third-order valence-electron chi connectivity index (χ3n) is 4.53. The maximum absolute atomic E-state index is 5.36. The number of methoxy groups -OCH3 is 2. The van der Waals surface area contributed by atoms with Crippen molar-refractivity contribution in [2.45, 2.75) is 45.1 Å². The molecule has 0 radical (unpaired) electrons. The number of rotatable bonds is 6. The van der Waals surface area contributed by atoms with Crippen LogP contribution in [0.25, 0.3) is 0 Å². The van der Waals surface area contributed by atoms with E-state index in [4.69, 9.17) is 9.47 Å². The van der Waals surface area contributed by atoms with Gasteiger partial charge in [-0.3, -0.25) is 0 Å². The van der Waals surface area contributed by atoms with Crippen molar-refractivity contribution in [3.8, 4) is 11.5 Å². The molecular weight excluding hydrogens is 250 g/mol. The smallest absolute Gasteiger partial charge is 0.160 e. The summed E-state index contributed by atoms with van der Waals surface area (Å²) in [6.45, 7) is 3.56. The molecule has 0 bridgehead atoms. The van der Waals surface area contributed by atoms with E-state index in [9.17, 15) is 0 Å². The lowest BCUT2D eigenvalue weighted by Gasteiger charge is -2.26. The molecule has 0 aromatic heterocycles. The standard InChI is InChI=1S/C17H27NO2/c1-13-6-4-5-7-15(13)18-11-10-14-8-9-16(19-2)17(12-14)20-3/h8-9,12-13,15,18H,4-7,10-11H2,1-3H3/p+1/t13-,15-/m0/s1. The molecule has 112 valence electrons. The fourth-order valence-electron chi connectivity index (χ4n) is 3.20. The average Bonchev–Trinajstić information content (AvgIpc) is 2.49. The van der Waals surface area contributed by atoms with Gasteiger partial charge in [-0.2, -0.15) is 0 Å². The van der Waals surface area contributed by atoms with Crippen LogP contribution in [-0.4, -0.2) is 26.8 Å². The number of ether oxygens (including phenoxy) is 2. The summed E-state index contributed by atoms with van der Waals surface area (Å²) < 4.78 is 10.6. The summed E-state index contributed by atoms with van der Waals surface area (Å²) in [4.78, 5) is 0. The second kappa shape index (κ2) is 7.53. The van der Waals surface area contributed by atoms with Crippen LogP contribution in [0.3, 0.4) is 0 Å². The highest BCUT2D eigenvalue weighted by Gasteiger charge is 2.23. The van der Waals surface area contributed by atoms with E-state index in [2.05, 4.69) is 24.4 Å². The summed E-state index contributed by atoms with van der Waals surface area (Å²) in [5.41, 5.74) is 1.32. The molecule has 2 atom stereocenters. The number of nitrogens with two attached hydrogens (primary N) is 1. The molecule has 0 unspecified atom stereocenters. The Bertz CT molecular complexity index is 419. The summed E-state index contributed by atoms with van der Waals surface area (Å²) in [7, 11) is 3.37. The molecule has 20 heavy (non-hydrogen) atoms. The van der Waals surface area contributed by atoms with E-state index in [0.717, 1.165) is 36.4 Å². The van der Waals surface area contributed by atoms with Crippen LogP contribution in [0.2, 0.25) is 0 Å². The van der Waals surface area contributed by atoms with Crippen LogP contribution >= 0.6 is 0 Å². The molecule has 0 aliphatic heterocycles. The molecule has 0 spiro atoms. The highest BCUT2D eigenvalue weighted by Crippen LogP contribution is 2.27. The quantitative estimate of drug-likeness (QED) is 0.867. The van der Waals surface area contributed by atoms with Crippen LogP contribution in [0.4, 0.5) is 0 Å². The van der Waals surface area contributed by atoms with Gasteiger partial charge in [-0.1, -0.05) is 19.4 Å². The number of quaternary nitrogens is 1. The summed E-state index contributed by atoms with van der Waals surface area (Å²) in [6.07, 6.45) is 6.69. The van der Waals surface area contributed by atoms with Gasteiger partial charge in [0.2, 0.25) is 0 Å². The predicted octanol–water partition coefficient (Wildman–Crippen LogP) is 2.39. The number of hydrogen-bond donors (Lipinski definition) is 1. The molecule has 3 heteroatoms. The Hall–Kier alpha value is -1.22. The summed E-state index contributed by atoms with van der Waals surface area (Å²) in [5.74, 6) is 2.51. The Morgan fingerprint density at radius 2 is 1.85 bits per heavy atom. The van der Waals surface area contributed by atoms with Gasteiger partial charge in [-0.05, 0) is 37.0 Å². The van der Waals surface area contributed by atoms with Gasteiger partial charge in [0, 0.05) is 12.3 Å². The molecule has 0 saturated heterocycles. The molecular formula is C17H28NO2+. The third kappa shape index (κ3) is 3.89. The van der Waals surface area contributed by atoms with Crippen molar-refractivity contribution in [1.82, 2.24) is 0 Å². The lowest BCUT2D eigenvalue weighted by molar-refractivity contribution is -0.697. The zero-order chi connectivity index (χ0) is 14.4. The lowest BCUT2D eigenvalue weighted by atomic mass is 9.86. The predicted molar refractivity (Wildman–Crippen MR) is 81.5 cm³/mol. The van der Waals surface area contributed by atoms with Crippen LogP contribution in [0.1, 0.15) is 38.2 Å². The summed E-state index contributed by atoms with van der Waals surface area (Å²) >= 11 is 0. The minimum absolute atomic E-state index is 0.807. The van der Waals surface area contributed by atoms with Gasteiger partial charge >= 0.3 is 0 Å². The zero-order valence-electron chi connectivity index (χ0n) is 13.0. The van der Waals surface area contributed by atoms with E-state index in [1.807, 2.05) is 6.07 Å². The molecule has 2 rings (SSSR count). The maximum atomic E-state index is 5.36. The molecule has 1 aliphatic rings. The van der Waals surface area contributed by atoms with Gasteiger partial charge < -0.3 is 14.8 Å². The van der Waals surface area contributed by atoms with E-state index in [-0.39, 0.29) is 0 Å². The van der Waals surface area contributed by atoms with Gasteiger partial charge in [0.1, 0.15) is 0 Å². The third-order valence-corrected chi connectivity index (χ3v) is 4.53. The highest BCUT2D eigenvalue weighted by molar-refractivity contribution is 5.42. The molecule has 1 aliphatic carbocycles. The zero-order valence-corrected chi connectivity index (χ0v) is 13.0.